The van der Waals surface area contributed by atoms with Crippen molar-refractivity contribution in [1.82, 2.24) is 5.43 Å². The van der Waals surface area contributed by atoms with E-state index in [1.165, 1.54) is 32.1 Å². The summed E-state index contributed by atoms with van der Waals surface area (Å²) in [6.07, 6.45) is 8.89. The average molecular weight is 475 g/mol. The molecule has 0 aliphatic rings. The lowest BCUT2D eigenvalue weighted by Gasteiger charge is -2.14. The molecule has 0 saturated carbocycles. The van der Waals surface area contributed by atoms with Gasteiger partial charge in [-0.05, 0) is 59.1 Å². The van der Waals surface area contributed by atoms with Gasteiger partial charge in [-0.25, -0.2) is 5.43 Å². The number of carbonyl (C=O) groups excluding carboxylic acids is 1. The number of nitrogens with one attached hydrogen (secondary N) is 1. The summed E-state index contributed by atoms with van der Waals surface area (Å²) in [5, 5.41) is 4.06. The van der Waals surface area contributed by atoms with Crippen LogP contribution in [0.25, 0.3) is 0 Å². The van der Waals surface area contributed by atoms with Crippen LogP contribution >= 0.6 is 15.9 Å². The predicted octanol–water partition coefficient (Wildman–Crippen LogP) is 6.35. The van der Waals surface area contributed by atoms with Crippen LogP contribution < -0.4 is 14.9 Å². The third kappa shape index (κ3) is 8.19. The molecule has 0 fully saturated rings. The molecular weight excluding hydrogens is 444 g/mol. The molecule has 1 amide bonds. The molecule has 0 aliphatic heterocycles. The third-order valence-corrected chi connectivity index (χ3v) is 5.08. The van der Waals surface area contributed by atoms with E-state index >= 15 is 0 Å². The molecule has 0 aromatic heterocycles. The Morgan fingerprint density at radius 2 is 1.77 bits per heavy atom. The summed E-state index contributed by atoms with van der Waals surface area (Å²) in [4.78, 5) is 12.1. The first-order chi connectivity index (χ1) is 14.7. The normalized spacial score (nSPS) is 10.9. The topological polar surface area (TPSA) is 59.9 Å². The second kappa shape index (κ2) is 13.8. The average Bonchev–Trinajstić information content (AvgIpc) is 2.75. The van der Waals surface area contributed by atoms with Crippen LogP contribution in [-0.2, 0) is 0 Å². The van der Waals surface area contributed by atoms with Crippen LogP contribution in [0.5, 0.6) is 11.5 Å². The summed E-state index contributed by atoms with van der Waals surface area (Å²) in [5.74, 6) is 1.11. The Balaban J connectivity index is 1.95. The molecule has 5 nitrogen and oxygen atoms in total. The van der Waals surface area contributed by atoms with Crippen molar-refractivity contribution >= 4 is 28.1 Å². The molecule has 0 aliphatic carbocycles. The minimum Gasteiger partial charge on any atom is -0.490 e. The zero-order chi connectivity index (χ0) is 21.6. The van der Waals surface area contributed by atoms with E-state index in [1.54, 1.807) is 18.3 Å². The maximum absolute atomic E-state index is 12.1. The Kier molecular flexibility index (Phi) is 11.0. The molecule has 162 valence electrons. The maximum atomic E-state index is 12.1. The Bertz CT molecular complexity index is 810. The minimum atomic E-state index is -0.255. The number of ether oxygens (including phenoxy) is 2. The second-order valence-corrected chi connectivity index (χ2v) is 7.80. The van der Waals surface area contributed by atoms with Crippen LogP contribution in [0.2, 0.25) is 0 Å². The summed E-state index contributed by atoms with van der Waals surface area (Å²) in [6, 6.07) is 12.7. The number of hydrazone groups is 1. The molecule has 6 heteroatoms. The van der Waals surface area contributed by atoms with Gasteiger partial charge in [0.25, 0.3) is 5.91 Å². The van der Waals surface area contributed by atoms with Gasteiger partial charge in [-0.1, -0.05) is 57.2 Å². The molecule has 1 N–H and O–H groups in total. The fourth-order valence-corrected chi connectivity index (χ4v) is 3.52. The van der Waals surface area contributed by atoms with Crippen molar-refractivity contribution < 1.29 is 14.3 Å². The molecule has 0 bridgehead atoms. The van der Waals surface area contributed by atoms with Crippen molar-refractivity contribution in [1.29, 1.82) is 0 Å². The summed E-state index contributed by atoms with van der Waals surface area (Å²) in [5.41, 5.74) is 3.90. The molecule has 0 saturated heterocycles. The number of nitrogens with zero attached hydrogens (tertiary/aromatic N) is 1. The van der Waals surface area contributed by atoms with Gasteiger partial charge < -0.3 is 9.47 Å². The highest BCUT2D eigenvalue weighted by Gasteiger charge is 2.12. The largest absolute Gasteiger partial charge is 0.490 e. The van der Waals surface area contributed by atoms with Crippen LogP contribution in [0.3, 0.4) is 0 Å². The number of halogens is 1. The number of rotatable bonds is 13. The van der Waals surface area contributed by atoms with E-state index in [9.17, 15) is 4.79 Å². The van der Waals surface area contributed by atoms with Crippen molar-refractivity contribution in [3.8, 4) is 11.5 Å². The van der Waals surface area contributed by atoms with Crippen LogP contribution in [0.4, 0.5) is 0 Å². The van der Waals surface area contributed by atoms with Gasteiger partial charge in [-0.3, -0.25) is 4.79 Å². The van der Waals surface area contributed by atoms with Crippen molar-refractivity contribution in [2.75, 3.05) is 13.2 Å². The first-order valence-corrected chi connectivity index (χ1v) is 11.4. The van der Waals surface area contributed by atoms with Crippen molar-refractivity contribution in [3.05, 3.63) is 58.1 Å². The quantitative estimate of drug-likeness (QED) is 0.209. The number of unbranched alkanes of at least 4 members (excludes halogenated alkanes) is 5. The smallest absolute Gasteiger partial charge is 0.271 e. The zero-order valence-electron chi connectivity index (χ0n) is 17.8. The lowest BCUT2D eigenvalue weighted by atomic mass is 10.1. The molecule has 2 rings (SSSR count). The molecular formula is C24H31BrN2O3. The van der Waals surface area contributed by atoms with E-state index in [-0.39, 0.29) is 5.91 Å². The zero-order valence-corrected chi connectivity index (χ0v) is 19.4. The third-order valence-electron chi connectivity index (χ3n) is 4.49. The first kappa shape index (κ1) is 23.9. The monoisotopic (exact) mass is 474 g/mol. The van der Waals surface area contributed by atoms with Crippen LogP contribution in [-0.4, -0.2) is 25.3 Å². The molecule has 30 heavy (non-hydrogen) atoms. The van der Waals surface area contributed by atoms with Crippen LogP contribution in [0.1, 0.15) is 68.3 Å². The van der Waals surface area contributed by atoms with Gasteiger partial charge in [-0.2, -0.15) is 5.10 Å². The first-order valence-electron chi connectivity index (χ1n) is 10.6. The summed E-state index contributed by atoms with van der Waals surface area (Å²) in [7, 11) is 0. The Morgan fingerprint density at radius 1 is 1.03 bits per heavy atom. The summed E-state index contributed by atoms with van der Waals surface area (Å²) < 4.78 is 12.6. The van der Waals surface area contributed by atoms with E-state index < -0.39 is 0 Å². The predicted molar refractivity (Wildman–Crippen MR) is 126 cm³/mol. The number of hydrogen-bond donors (Lipinski definition) is 1. The number of carbonyl (C=O) groups is 1. The SMILES string of the molecule is CCCCCCCCOc1c(Br)cc(/C=N/NC(=O)c2ccccc2)cc1OCC. The minimum absolute atomic E-state index is 0.255. The molecule has 0 atom stereocenters. The van der Waals surface area contributed by atoms with E-state index in [4.69, 9.17) is 9.47 Å². The lowest BCUT2D eigenvalue weighted by molar-refractivity contribution is 0.0955. The second-order valence-electron chi connectivity index (χ2n) is 6.94. The molecule has 0 spiro atoms. The molecule has 0 radical (unpaired) electrons. The maximum Gasteiger partial charge on any atom is 0.271 e. The fourth-order valence-electron chi connectivity index (χ4n) is 2.94. The Labute approximate surface area is 188 Å². The van der Waals surface area contributed by atoms with E-state index in [0.717, 1.165) is 16.5 Å². The van der Waals surface area contributed by atoms with Gasteiger partial charge in [-0.15, -0.1) is 0 Å². The summed E-state index contributed by atoms with van der Waals surface area (Å²) in [6.45, 7) is 5.35. The van der Waals surface area contributed by atoms with E-state index in [1.807, 2.05) is 37.3 Å². The van der Waals surface area contributed by atoms with Gasteiger partial charge in [0.05, 0.1) is 23.9 Å². The highest BCUT2D eigenvalue weighted by molar-refractivity contribution is 9.10. The number of amides is 1. The Hall–Kier alpha value is -2.34. The van der Waals surface area contributed by atoms with Crippen molar-refractivity contribution in [3.63, 3.8) is 0 Å². The molecule has 0 unspecified atom stereocenters. The van der Waals surface area contributed by atoms with Gasteiger partial charge >= 0.3 is 0 Å². The van der Waals surface area contributed by atoms with Gasteiger partial charge in [0.2, 0.25) is 0 Å². The molecule has 2 aromatic carbocycles. The molecule has 2 aromatic rings. The number of benzene rings is 2. The van der Waals surface area contributed by atoms with Crippen molar-refractivity contribution in [2.24, 2.45) is 5.10 Å². The van der Waals surface area contributed by atoms with Gasteiger partial charge in [0.15, 0.2) is 11.5 Å². The highest BCUT2D eigenvalue weighted by Crippen LogP contribution is 2.36. The highest BCUT2D eigenvalue weighted by atomic mass is 79.9. The number of hydrogen-bond acceptors (Lipinski definition) is 4. The molecule has 0 heterocycles. The van der Waals surface area contributed by atoms with Gasteiger partial charge in [0, 0.05) is 5.56 Å². The standard InChI is InChI=1S/C24H31BrN2O3/c1-3-5-6-7-8-12-15-30-23-21(25)16-19(17-22(23)29-4-2)18-26-27-24(28)20-13-10-9-11-14-20/h9-11,13-14,16-18H,3-8,12,15H2,1-2H3,(H,27,28)/b26-18+. The van der Waals surface area contributed by atoms with Crippen LogP contribution in [0.15, 0.2) is 52.0 Å². The Morgan fingerprint density at radius 3 is 2.50 bits per heavy atom. The van der Waals surface area contributed by atoms with Crippen LogP contribution in [0, 0.1) is 0 Å². The van der Waals surface area contributed by atoms with Crippen molar-refractivity contribution in [2.45, 2.75) is 52.4 Å². The fraction of sp³-hybridized carbons (Fsp3) is 0.417. The van der Waals surface area contributed by atoms with E-state index in [0.29, 0.717) is 30.3 Å². The van der Waals surface area contributed by atoms with Gasteiger partial charge in [0.1, 0.15) is 0 Å². The summed E-state index contributed by atoms with van der Waals surface area (Å²) >= 11 is 3.57. The van der Waals surface area contributed by atoms with E-state index in [2.05, 4.69) is 33.4 Å². The lowest BCUT2D eigenvalue weighted by Crippen LogP contribution is -2.17.